The molecule has 0 saturated heterocycles. The van der Waals surface area contributed by atoms with Gasteiger partial charge in [0.1, 0.15) is 5.03 Å². The van der Waals surface area contributed by atoms with Gasteiger partial charge < -0.3 is 0 Å². The van der Waals surface area contributed by atoms with Crippen LogP contribution in [-0.4, -0.2) is 10.8 Å². The zero-order valence-electron chi connectivity index (χ0n) is 6.69. The fourth-order valence-corrected chi connectivity index (χ4v) is 0.962. The number of rotatable bonds is 2. The van der Waals surface area contributed by atoms with Crippen molar-refractivity contribution in [2.45, 2.75) is 11.9 Å². The lowest BCUT2D eigenvalue weighted by molar-refractivity contribution is -0.112. The average molecular weight is 179 g/mol. The largest absolute Gasteiger partial charge is 0.295 e. The van der Waals surface area contributed by atoms with E-state index in [-0.39, 0.29) is 5.78 Å². The maximum atomic E-state index is 10.6. The van der Waals surface area contributed by atoms with Crippen molar-refractivity contribution in [2.24, 2.45) is 0 Å². The highest BCUT2D eigenvalue weighted by Gasteiger charge is 1.93. The lowest BCUT2D eigenvalue weighted by Crippen LogP contribution is -1.83. The molecule has 1 heterocycles. The number of pyridine rings is 1. The molecular weight excluding hydrogens is 170 g/mol. The fourth-order valence-electron chi connectivity index (χ4n) is 0.747. The fraction of sp³-hybridized carbons (Fsp3) is 0.111. The number of aromatic nitrogens is 1. The number of hydrogen-bond acceptors (Lipinski definition) is 3. The first kappa shape index (κ1) is 9.00. The topological polar surface area (TPSA) is 30.0 Å². The molecule has 1 aromatic rings. The summed E-state index contributed by atoms with van der Waals surface area (Å²) in [6.07, 6.45) is 4.86. The molecule has 0 aliphatic heterocycles. The summed E-state index contributed by atoms with van der Waals surface area (Å²) in [5, 5.41) is 0.634. The monoisotopic (exact) mass is 179 g/mol. The molecule has 62 valence electrons. The Balaban J connectivity index is 2.89. The molecule has 3 heteroatoms. The highest BCUT2D eigenvalue weighted by molar-refractivity contribution is 7.80. The van der Waals surface area contributed by atoms with Crippen LogP contribution in [0.4, 0.5) is 0 Å². The average Bonchev–Trinajstić information content (AvgIpc) is 2.03. The summed E-state index contributed by atoms with van der Waals surface area (Å²) in [5.41, 5.74) is 0.857. The van der Waals surface area contributed by atoms with Gasteiger partial charge in [0.15, 0.2) is 5.78 Å². The predicted octanol–water partition coefficient (Wildman–Crippen LogP) is 1.97. The van der Waals surface area contributed by atoms with E-state index in [1.54, 1.807) is 18.3 Å². The van der Waals surface area contributed by atoms with Gasteiger partial charge in [-0.3, -0.25) is 4.79 Å². The second kappa shape index (κ2) is 4.07. The number of carbonyl (C=O) groups is 1. The lowest BCUT2D eigenvalue weighted by atomic mass is 10.2. The third kappa shape index (κ3) is 2.51. The molecule has 12 heavy (non-hydrogen) atoms. The van der Waals surface area contributed by atoms with Crippen LogP contribution in [0, 0.1) is 0 Å². The van der Waals surface area contributed by atoms with E-state index in [4.69, 9.17) is 0 Å². The first-order chi connectivity index (χ1) is 5.70. The summed E-state index contributed by atoms with van der Waals surface area (Å²) in [6, 6.07) is 3.66. The second-order valence-corrected chi connectivity index (χ2v) is 2.78. The summed E-state index contributed by atoms with van der Waals surface area (Å²) < 4.78 is 0. The van der Waals surface area contributed by atoms with Crippen LogP contribution in [0.25, 0.3) is 6.08 Å². The van der Waals surface area contributed by atoms with Crippen molar-refractivity contribution in [2.75, 3.05) is 0 Å². The molecule has 0 N–H and O–H groups in total. The minimum Gasteiger partial charge on any atom is -0.295 e. The van der Waals surface area contributed by atoms with Crippen LogP contribution in [-0.2, 0) is 4.79 Å². The standard InChI is InChI=1S/C9H9NOS/c1-7(11)4-5-8-3-2-6-10-9(8)12/h2-6H,1H3,(H,10,12)/b5-4+. The second-order valence-electron chi connectivity index (χ2n) is 2.36. The maximum Gasteiger partial charge on any atom is 0.152 e. The molecule has 0 bridgehead atoms. The quantitative estimate of drug-likeness (QED) is 0.555. The lowest BCUT2D eigenvalue weighted by Gasteiger charge is -1.94. The zero-order chi connectivity index (χ0) is 8.97. The molecule has 0 fully saturated rings. The molecule has 0 radical (unpaired) electrons. The Bertz CT molecular complexity index is 320. The van der Waals surface area contributed by atoms with Gasteiger partial charge in [-0.25, -0.2) is 4.98 Å². The molecule has 0 saturated carbocycles. The molecule has 0 aliphatic rings. The van der Waals surface area contributed by atoms with Crippen LogP contribution in [0.3, 0.4) is 0 Å². The van der Waals surface area contributed by atoms with E-state index in [1.165, 1.54) is 13.0 Å². The Hall–Kier alpha value is -1.09. The third-order valence-corrected chi connectivity index (χ3v) is 1.69. The number of ketones is 1. The Kier molecular flexibility index (Phi) is 3.05. The molecule has 0 unspecified atom stereocenters. The van der Waals surface area contributed by atoms with Crippen molar-refractivity contribution in [3.05, 3.63) is 30.0 Å². The minimum absolute atomic E-state index is 0.0200. The molecule has 1 aromatic heterocycles. The molecule has 2 nitrogen and oxygen atoms in total. The van der Waals surface area contributed by atoms with Crippen molar-refractivity contribution in [3.8, 4) is 0 Å². The summed E-state index contributed by atoms with van der Waals surface area (Å²) in [6.45, 7) is 1.51. The number of thiol groups is 1. The van der Waals surface area contributed by atoms with Gasteiger partial charge in [0.05, 0.1) is 0 Å². The van der Waals surface area contributed by atoms with Crippen LogP contribution in [0.15, 0.2) is 29.4 Å². The van der Waals surface area contributed by atoms with Gasteiger partial charge in [0.25, 0.3) is 0 Å². The minimum atomic E-state index is 0.0200. The summed E-state index contributed by atoms with van der Waals surface area (Å²) in [5.74, 6) is 0.0200. The molecular formula is C9H9NOS. The SMILES string of the molecule is CC(=O)/C=C/c1cccnc1S. The van der Waals surface area contributed by atoms with Crippen LogP contribution >= 0.6 is 12.6 Å². The van der Waals surface area contributed by atoms with Crippen LogP contribution in [0.5, 0.6) is 0 Å². The van der Waals surface area contributed by atoms with E-state index < -0.39 is 0 Å². The summed E-state index contributed by atoms with van der Waals surface area (Å²) in [7, 11) is 0. The van der Waals surface area contributed by atoms with Crippen LogP contribution in [0.1, 0.15) is 12.5 Å². The highest BCUT2D eigenvalue weighted by atomic mass is 32.1. The van der Waals surface area contributed by atoms with E-state index in [0.717, 1.165) is 5.56 Å². The van der Waals surface area contributed by atoms with Gasteiger partial charge in [-0.05, 0) is 25.1 Å². The first-order valence-electron chi connectivity index (χ1n) is 3.53. The number of allylic oxidation sites excluding steroid dienone is 1. The highest BCUT2D eigenvalue weighted by Crippen LogP contribution is 2.10. The van der Waals surface area contributed by atoms with Crippen molar-refractivity contribution >= 4 is 24.5 Å². The van der Waals surface area contributed by atoms with E-state index in [2.05, 4.69) is 17.6 Å². The maximum absolute atomic E-state index is 10.6. The predicted molar refractivity (Wildman–Crippen MR) is 51.2 cm³/mol. The Morgan fingerprint density at radius 2 is 2.42 bits per heavy atom. The zero-order valence-corrected chi connectivity index (χ0v) is 7.58. The van der Waals surface area contributed by atoms with Crippen LogP contribution < -0.4 is 0 Å². The number of carbonyl (C=O) groups excluding carboxylic acids is 1. The Morgan fingerprint density at radius 1 is 1.67 bits per heavy atom. The molecule has 0 aromatic carbocycles. The third-order valence-electron chi connectivity index (χ3n) is 1.31. The smallest absolute Gasteiger partial charge is 0.152 e. The van der Waals surface area contributed by atoms with E-state index in [9.17, 15) is 4.79 Å². The first-order valence-corrected chi connectivity index (χ1v) is 3.97. The van der Waals surface area contributed by atoms with Gasteiger partial charge in [0.2, 0.25) is 0 Å². The van der Waals surface area contributed by atoms with Gasteiger partial charge in [-0.1, -0.05) is 6.07 Å². The van der Waals surface area contributed by atoms with Gasteiger partial charge in [0, 0.05) is 11.8 Å². The van der Waals surface area contributed by atoms with Crippen molar-refractivity contribution < 1.29 is 4.79 Å². The van der Waals surface area contributed by atoms with Gasteiger partial charge in [-0.2, -0.15) is 0 Å². The number of nitrogens with zero attached hydrogens (tertiary/aromatic N) is 1. The van der Waals surface area contributed by atoms with Crippen molar-refractivity contribution in [1.29, 1.82) is 0 Å². The van der Waals surface area contributed by atoms with Gasteiger partial charge in [-0.15, -0.1) is 12.6 Å². The molecule has 0 atom stereocenters. The molecule has 0 amide bonds. The van der Waals surface area contributed by atoms with E-state index in [0.29, 0.717) is 5.03 Å². The Labute approximate surface area is 76.7 Å². The summed E-state index contributed by atoms with van der Waals surface area (Å²) in [4.78, 5) is 14.6. The normalized spacial score (nSPS) is 10.5. The van der Waals surface area contributed by atoms with Crippen LogP contribution in [0.2, 0.25) is 0 Å². The molecule has 0 spiro atoms. The Morgan fingerprint density at radius 3 is 3.00 bits per heavy atom. The number of hydrogen-bond donors (Lipinski definition) is 1. The molecule has 0 aliphatic carbocycles. The van der Waals surface area contributed by atoms with Crippen molar-refractivity contribution in [3.63, 3.8) is 0 Å². The molecule has 1 rings (SSSR count). The van der Waals surface area contributed by atoms with Gasteiger partial charge >= 0.3 is 0 Å². The van der Waals surface area contributed by atoms with E-state index in [1.807, 2.05) is 6.07 Å². The van der Waals surface area contributed by atoms with E-state index >= 15 is 0 Å². The van der Waals surface area contributed by atoms with Crippen molar-refractivity contribution in [1.82, 2.24) is 4.98 Å². The summed E-state index contributed by atoms with van der Waals surface area (Å²) >= 11 is 4.13.